The van der Waals surface area contributed by atoms with Crippen LogP contribution in [0, 0.1) is 11.8 Å². The number of anilines is 2. The third-order valence-electron chi connectivity index (χ3n) is 6.51. The van der Waals surface area contributed by atoms with Gasteiger partial charge in [0.05, 0.1) is 6.20 Å². The fourth-order valence-electron chi connectivity index (χ4n) is 4.60. The third kappa shape index (κ3) is 5.42. The molecule has 1 amide bonds. The summed E-state index contributed by atoms with van der Waals surface area (Å²) in [4.78, 5) is 29.1. The van der Waals surface area contributed by atoms with E-state index in [1.807, 2.05) is 24.4 Å². The van der Waals surface area contributed by atoms with E-state index in [-0.39, 0.29) is 11.8 Å². The number of fused-ring (bicyclic) bond motifs is 1. The predicted octanol–water partition coefficient (Wildman–Crippen LogP) is 5.25. The van der Waals surface area contributed by atoms with Gasteiger partial charge in [0.1, 0.15) is 17.2 Å². The lowest BCUT2D eigenvalue weighted by molar-refractivity contribution is -0.121. The zero-order valence-electron chi connectivity index (χ0n) is 19.1. The van der Waals surface area contributed by atoms with Gasteiger partial charge in [-0.1, -0.05) is 44.2 Å². The molecule has 4 rings (SSSR count). The smallest absolute Gasteiger partial charge is 0.228 e. The van der Waals surface area contributed by atoms with Crippen LogP contribution < -0.4 is 10.2 Å². The van der Waals surface area contributed by atoms with Gasteiger partial charge in [-0.15, -0.1) is 0 Å². The van der Waals surface area contributed by atoms with Crippen molar-refractivity contribution in [3.05, 3.63) is 54.2 Å². The van der Waals surface area contributed by atoms with Crippen molar-refractivity contribution in [1.82, 2.24) is 15.0 Å². The van der Waals surface area contributed by atoms with Crippen LogP contribution in [0.4, 0.5) is 11.6 Å². The van der Waals surface area contributed by atoms with Gasteiger partial charge >= 0.3 is 0 Å². The number of amides is 1. The fourth-order valence-corrected chi connectivity index (χ4v) is 4.60. The molecule has 0 radical (unpaired) electrons. The van der Waals surface area contributed by atoms with Gasteiger partial charge in [0.25, 0.3) is 0 Å². The van der Waals surface area contributed by atoms with E-state index in [9.17, 15) is 4.79 Å². The lowest BCUT2D eigenvalue weighted by Gasteiger charge is -2.22. The molecule has 168 valence electrons. The number of nitrogens with one attached hydrogen (secondary N) is 1. The van der Waals surface area contributed by atoms with Gasteiger partial charge in [-0.3, -0.25) is 4.79 Å². The second-order valence-corrected chi connectivity index (χ2v) is 8.82. The predicted molar refractivity (Wildman–Crippen MR) is 130 cm³/mol. The largest absolute Gasteiger partial charge is 0.355 e. The van der Waals surface area contributed by atoms with Crippen LogP contribution in [0.25, 0.3) is 11.2 Å². The molecule has 2 unspecified atom stereocenters. The quantitative estimate of drug-likeness (QED) is 0.501. The molecule has 2 aromatic heterocycles. The molecule has 1 fully saturated rings. The lowest BCUT2D eigenvalue weighted by atomic mass is 9.86. The Hall–Kier alpha value is -3.02. The number of carbonyl (C=O) groups is 1. The van der Waals surface area contributed by atoms with E-state index in [1.54, 1.807) is 0 Å². The van der Waals surface area contributed by atoms with Gasteiger partial charge in [0.15, 0.2) is 5.65 Å². The molecule has 0 aliphatic carbocycles. The van der Waals surface area contributed by atoms with E-state index in [1.165, 1.54) is 18.4 Å². The Bertz CT molecular complexity index is 1030. The molecule has 32 heavy (non-hydrogen) atoms. The van der Waals surface area contributed by atoms with Crippen LogP contribution in [-0.2, 0) is 11.2 Å². The summed E-state index contributed by atoms with van der Waals surface area (Å²) < 4.78 is 0. The first kappa shape index (κ1) is 22.2. The van der Waals surface area contributed by atoms with Crippen molar-refractivity contribution in [2.45, 2.75) is 52.4 Å². The van der Waals surface area contributed by atoms with Gasteiger partial charge in [-0.2, -0.15) is 0 Å². The second kappa shape index (κ2) is 10.5. The minimum absolute atomic E-state index is 0.0368. The van der Waals surface area contributed by atoms with Crippen molar-refractivity contribution in [1.29, 1.82) is 0 Å². The standard InChI is InChI=1S/C26H33N5O/c1-3-21(19(2)10-9-13-20-11-5-4-6-12-20)26(32)29-23-15-14-22-25(28-23)30-24(18-27-22)31-16-7-8-17-31/h4-6,11-12,14-15,18-19,21H,3,7-10,13,16-17H2,1-2H3,(H,28,29,30,32). The molecule has 1 aliphatic heterocycles. The number of benzene rings is 1. The number of carbonyl (C=O) groups excluding carboxylic acids is 1. The van der Waals surface area contributed by atoms with Crippen molar-refractivity contribution in [3.63, 3.8) is 0 Å². The maximum Gasteiger partial charge on any atom is 0.228 e. The molecule has 0 saturated carbocycles. The second-order valence-electron chi connectivity index (χ2n) is 8.82. The Balaban J connectivity index is 1.38. The highest BCUT2D eigenvalue weighted by Crippen LogP contribution is 2.24. The molecule has 6 heteroatoms. The van der Waals surface area contributed by atoms with Crippen molar-refractivity contribution in [2.24, 2.45) is 11.8 Å². The highest BCUT2D eigenvalue weighted by Gasteiger charge is 2.24. The normalized spacial score (nSPS) is 15.6. The summed E-state index contributed by atoms with van der Waals surface area (Å²) in [6.07, 6.45) is 8.15. The number of pyridine rings is 1. The molecule has 1 N–H and O–H groups in total. The number of rotatable bonds is 9. The molecule has 6 nitrogen and oxygen atoms in total. The highest BCUT2D eigenvalue weighted by atomic mass is 16.2. The molecule has 2 atom stereocenters. The lowest BCUT2D eigenvalue weighted by Crippen LogP contribution is -2.28. The Kier molecular flexibility index (Phi) is 7.30. The van der Waals surface area contributed by atoms with Gasteiger partial charge < -0.3 is 10.2 Å². The van der Waals surface area contributed by atoms with Crippen LogP contribution in [-0.4, -0.2) is 33.9 Å². The maximum absolute atomic E-state index is 13.0. The topological polar surface area (TPSA) is 71.0 Å². The Morgan fingerprint density at radius 2 is 1.88 bits per heavy atom. The minimum Gasteiger partial charge on any atom is -0.355 e. The summed E-state index contributed by atoms with van der Waals surface area (Å²) in [5.74, 6) is 1.72. The summed E-state index contributed by atoms with van der Waals surface area (Å²) >= 11 is 0. The van der Waals surface area contributed by atoms with Crippen LogP contribution in [0.2, 0.25) is 0 Å². The Morgan fingerprint density at radius 3 is 2.62 bits per heavy atom. The first-order valence-corrected chi connectivity index (χ1v) is 11.9. The van der Waals surface area contributed by atoms with E-state index in [2.05, 4.69) is 58.3 Å². The molecular formula is C26H33N5O. The van der Waals surface area contributed by atoms with E-state index >= 15 is 0 Å². The molecule has 1 aliphatic rings. The van der Waals surface area contributed by atoms with Crippen LogP contribution in [0.1, 0.15) is 51.5 Å². The summed E-state index contributed by atoms with van der Waals surface area (Å²) in [5, 5.41) is 3.03. The minimum atomic E-state index is -0.0368. The van der Waals surface area contributed by atoms with Crippen LogP contribution in [0.5, 0.6) is 0 Å². The molecule has 1 aromatic carbocycles. The van der Waals surface area contributed by atoms with Crippen molar-refractivity contribution in [2.75, 3.05) is 23.3 Å². The first-order chi connectivity index (χ1) is 15.6. The maximum atomic E-state index is 13.0. The zero-order chi connectivity index (χ0) is 22.3. The van der Waals surface area contributed by atoms with E-state index in [0.717, 1.165) is 50.1 Å². The number of hydrogen-bond donors (Lipinski definition) is 1. The average molecular weight is 432 g/mol. The summed E-state index contributed by atoms with van der Waals surface area (Å²) in [7, 11) is 0. The van der Waals surface area contributed by atoms with Crippen molar-refractivity contribution in [3.8, 4) is 0 Å². The Labute approximate surface area is 190 Å². The van der Waals surface area contributed by atoms with Gasteiger partial charge in [0.2, 0.25) is 5.91 Å². The zero-order valence-corrected chi connectivity index (χ0v) is 19.1. The summed E-state index contributed by atoms with van der Waals surface area (Å²) in [6.45, 7) is 6.29. The fraction of sp³-hybridized carbons (Fsp3) is 0.462. The third-order valence-corrected chi connectivity index (χ3v) is 6.51. The molecule has 3 heterocycles. The highest BCUT2D eigenvalue weighted by molar-refractivity contribution is 5.92. The van der Waals surface area contributed by atoms with Crippen molar-refractivity contribution < 1.29 is 4.79 Å². The molecular weight excluding hydrogens is 398 g/mol. The summed E-state index contributed by atoms with van der Waals surface area (Å²) in [5.41, 5.74) is 2.68. The number of nitrogens with zero attached hydrogens (tertiary/aromatic N) is 4. The van der Waals surface area contributed by atoms with Crippen LogP contribution in [0.3, 0.4) is 0 Å². The molecule has 0 spiro atoms. The van der Waals surface area contributed by atoms with Crippen molar-refractivity contribution >= 4 is 28.7 Å². The van der Waals surface area contributed by atoms with Gasteiger partial charge in [-0.25, -0.2) is 15.0 Å². The van der Waals surface area contributed by atoms with Gasteiger partial charge in [-0.05, 0) is 62.1 Å². The molecule has 1 saturated heterocycles. The van der Waals surface area contributed by atoms with Crippen LogP contribution >= 0.6 is 0 Å². The number of hydrogen-bond acceptors (Lipinski definition) is 5. The van der Waals surface area contributed by atoms with E-state index in [0.29, 0.717) is 17.4 Å². The first-order valence-electron chi connectivity index (χ1n) is 11.9. The van der Waals surface area contributed by atoms with Gasteiger partial charge in [0, 0.05) is 19.0 Å². The Morgan fingerprint density at radius 1 is 1.09 bits per heavy atom. The molecule has 0 bridgehead atoms. The van der Waals surface area contributed by atoms with E-state index < -0.39 is 0 Å². The van der Waals surface area contributed by atoms with Crippen LogP contribution in [0.15, 0.2) is 48.7 Å². The number of aromatic nitrogens is 3. The summed E-state index contributed by atoms with van der Waals surface area (Å²) in [6, 6.07) is 14.2. The SMILES string of the molecule is CCC(C(=O)Nc1ccc2ncc(N3CCCC3)nc2n1)C(C)CCCc1ccccc1. The average Bonchev–Trinajstić information content (AvgIpc) is 3.35. The van der Waals surface area contributed by atoms with E-state index in [4.69, 9.17) is 4.98 Å². The number of aryl methyl sites for hydroxylation is 1. The molecule has 3 aromatic rings. The monoisotopic (exact) mass is 431 g/mol.